The molecule has 0 fully saturated rings. The van der Waals surface area contributed by atoms with E-state index in [1.807, 2.05) is 0 Å². The zero-order valence-corrected chi connectivity index (χ0v) is 19.2. The number of nitrogens with zero attached hydrogens (tertiary/aromatic N) is 2. The highest BCUT2D eigenvalue weighted by molar-refractivity contribution is 7.89. The van der Waals surface area contributed by atoms with Gasteiger partial charge in [0, 0.05) is 31.0 Å². The third-order valence-electron chi connectivity index (χ3n) is 4.83. The van der Waals surface area contributed by atoms with Gasteiger partial charge in [-0.25, -0.2) is 22.5 Å². The zero-order valence-electron chi connectivity index (χ0n) is 18.4. The Bertz CT molecular complexity index is 1400. The van der Waals surface area contributed by atoms with E-state index in [1.54, 1.807) is 42.5 Å². The molecule has 4 rings (SSSR count). The lowest BCUT2D eigenvalue weighted by molar-refractivity contribution is 0.0949. The molecule has 0 bridgehead atoms. The molecule has 0 aliphatic carbocycles. The van der Waals surface area contributed by atoms with E-state index in [0.29, 0.717) is 17.2 Å². The van der Waals surface area contributed by atoms with E-state index in [2.05, 4.69) is 20.0 Å². The first kappa shape index (κ1) is 24.0. The van der Waals surface area contributed by atoms with E-state index in [-0.39, 0.29) is 29.5 Å². The number of hydrogen-bond acceptors (Lipinski definition) is 6. The maximum absolute atomic E-state index is 13.0. The number of amides is 1. The lowest BCUT2D eigenvalue weighted by Gasteiger charge is -2.09. The summed E-state index contributed by atoms with van der Waals surface area (Å²) in [5.41, 5.74) is 1.56. The number of aromatic nitrogens is 2. The fourth-order valence-corrected chi connectivity index (χ4v) is 4.09. The Balaban J connectivity index is 1.33. The molecule has 178 valence electrons. The highest BCUT2D eigenvalue weighted by atomic mass is 32.2. The van der Waals surface area contributed by atoms with Gasteiger partial charge in [0.15, 0.2) is 0 Å². The Morgan fingerprint density at radius 2 is 1.60 bits per heavy atom. The van der Waals surface area contributed by atoms with Gasteiger partial charge in [-0.1, -0.05) is 6.07 Å². The standard InChI is InChI=1S/C25H21FN4O4S/c26-19-8-12-21(13-9-19)34-20-10-6-18(7-11-20)23-4-1-5-24(30-23)25(31)28-15-16-29-35(32,33)22-3-2-14-27-17-22/h1-14,17,29H,15-16H2,(H,28,31). The van der Waals surface area contributed by atoms with Gasteiger partial charge < -0.3 is 10.1 Å². The number of rotatable bonds is 9. The summed E-state index contributed by atoms with van der Waals surface area (Å²) in [6.45, 7) is 0.0951. The van der Waals surface area contributed by atoms with Crippen molar-refractivity contribution in [3.05, 3.63) is 103 Å². The minimum absolute atomic E-state index is 0.0121. The van der Waals surface area contributed by atoms with E-state index >= 15 is 0 Å². The normalized spacial score (nSPS) is 11.1. The molecule has 2 N–H and O–H groups in total. The minimum atomic E-state index is -3.70. The summed E-state index contributed by atoms with van der Waals surface area (Å²) in [6, 6.07) is 20.8. The van der Waals surface area contributed by atoms with E-state index in [0.717, 1.165) is 5.56 Å². The minimum Gasteiger partial charge on any atom is -0.457 e. The van der Waals surface area contributed by atoms with Crippen LogP contribution in [0.2, 0.25) is 0 Å². The SMILES string of the molecule is O=C(NCCNS(=O)(=O)c1cccnc1)c1cccc(-c2ccc(Oc3ccc(F)cc3)cc2)n1. The number of nitrogens with one attached hydrogen (secondary N) is 2. The summed E-state index contributed by atoms with van der Waals surface area (Å²) < 4.78 is 45.5. The van der Waals surface area contributed by atoms with Crippen molar-refractivity contribution in [2.75, 3.05) is 13.1 Å². The maximum Gasteiger partial charge on any atom is 0.269 e. The highest BCUT2D eigenvalue weighted by Crippen LogP contribution is 2.25. The molecule has 0 saturated carbocycles. The van der Waals surface area contributed by atoms with Crippen molar-refractivity contribution in [1.29, 1.82) is 0 Å². The van der Waals surface area contributed by atoms with E-state index < -0.39 is 15.9 Å². The fourth-order valence-electron chi connectivity index (χ4n) is 3.10. The van der Waals surface area contributed by atoms with Crippen LogP contribution in [0.3, 0.4) is 0 Å². The second-order valence-electron chi connectivity index (χ2n) is 7.33. The van der Waals surface area contributed by atoms with Crippen molar-refractivity contribution in [2.24, 2.45) is 0 Å². The second-order valence-corrected chi connectivity index (χ2v) is 9.10. The summed E-state index contributed by atoms with van der Waals surface area (Å²) >= 11 is 0. The lowest BCUT2D eigenvalue weighted by atomic mass is 10.1. The molecular weight excluding hydrogens is 471 g/mol. The molecule has 2 aromatic carbocycles. The molecule has 0 aliphatic heterocycles. The van der Waals surface area contributed by atoms with Crippen molar-refractivity contribution in [3.8, 4) is 22.8 Å². The molecule has 2 heterocycles. The average molecular weight is 493 g/mol. The van der Waals surface area contributed by atoms with Crippen LogP contribution < -0.4 is 14.8 Å². The first-order valence-corrected chi connectivity index (χ1v) is 12.1. The van der Waals surface area contributed by atoms with Crippen molar-refractivity contribution in [2.45, 2.75) is 4.90 Å². The quantitative estimate of drug-likeness (QED) is 0.344. The molecule has 0 saturated heterocycles. The number of ether oxygens (including phenoxy) is 1. The Hall–Kier alpha value is -4.15. The highest BCUT2D eigenvalue weighted by Gasteiger charge is 2.14. The molecule has 0 spiro atoms. The van der Waals surface area contributed by atoms with Crippen LogP contribution in [0, 0.1) is 5.82 Å². The van der Waals surface area contributed by atoms with Crippen molar-refractivity contribution in [3.63, 3.8) is 0 Å². The molecule has 10 heteroatoms. The first-order valence-electron chi connectivity index (χ1n) is 10.6. The van der Waals surface area contributed by atoms with E-state index in [4.69, 9.17) is 4.74 Å². The molecular formula is C25H21FN4O4S. The molecule has 0 aliphatic rings. The van der Waals surface area contributed by atoms with Crippen molar-refractivity contribution in [1.82, 2.24) is 20.0 Å². The van der Waals surface area contributed by atoms with Gasteiger partial charge >= 0.3 is 0 Å². The number of pyridine rings is 2. The molecule has 8 nitrogen and oxygen atoms in total. The summed E-state index contributed by atoms with van der Waals surface area (Å²) in [5, 5.41) is 2.65. The Labute approximate surface area is 201 Å². The average Bonchev–Trinajstić information content (AvgIpc) is 2.89. The van der Waals surface area contributed by atoms with Gasteiger partial charge in [0.05, 0.1) is 5.69 Å². The topological polar surface area (TPSA) is 110 Å². The van der Waals surface area contributed by atoms with Gasteiger partial charge in [-0.3, -0.25) is 9.78 Å². The fraction of sp³-hybridized carbons (Fsp3) is 0.0800. The third kappa shape index (κ3) is 6.46. The smallest absolute Gasteiger partial charge is 0.269 e. The second kappa shape index (κ2) is 10.9. The zero-order chi connectivity index (χ0) is 24.7. The molecule has 1 amide bonds. The monoisotopic (exact) mass is 492 g/mol. The number of carbonyl (C=O) groups excluding carboxylic acids is 1. The Kier molecular flexibility index (Phi) is 7.44. The van der Waals surface area contributed by atoms with Gasteiger partial charge in [-0.2, -0.15) is 0 Å². The van der Waals surface area contributed by atoms with Gasteiger partial charge in [-0.15, -0.1) is 0 Å². The van der Waals surface area contributed by atoms with Crippen LogP contribution in [-0.2, 0) is 10.0 Å². The van der Waals surface area contributed by atoms with Gasteiger partial charge in [0.2, 0.25) is 10.0 Å². The third-order valence-corrected chi connectivity index (χ3v) is 6.27. The number of carbonyl (C=O) groups is 1. The first-order chi connectivity index (χ1) is 16.9. The predicted octanol–water partition coefficient (Wildman–Crippen LogP) is 3.78. The van der Waals surface area contributed by atoms with Crippen LogP contribution in [0.5, 0.6) is 11.5 Å². The van der Waals surface area contributed by atoms with Gasteiger partial charge in [-0.05, 0) is 72.8 Å². The van der Waals surface area contributed by atoms with Crippen LogP contribution in [0.15, 0.2) is 96.2 Å². The lowest BCUT2D eigenvalue weighted by Crippen LogP contribution is -2.35. The maximum atomic E-state index is 13.0. The molecule has 0 unspecified atom stereocenters. The van der Waals surface area contributed by atoms with Crippen LogP contribution in [0.4, 0.5) is 4.39 Å². The largest absolute Gasteiger partial charge is 0.457 e. The molecule has 4 aromatic rings. The number of benzene rings is 2. The van der Waals surface area contributed by atoms with Crippen LogP contribution in [-0.4, -0.2) is 37.4 Å². The summed E-state index contributed by atoms with van der Waals surface area (Å²) in [4.78, 5) is 20.7. The van der Waals surface area contributed by atoms with Crippen LogP contribution >= 0.6 is 0 Å². The number of hydrogen-bond donors (Lipinski definition) is 2. The molecule has 35 heavy (non-hydrogen) atoms. The summed E-state index contributed by atoms with van der Waals surface area (Å²) in [6.07, 6.45) is 2.73. The molecule has 2 aromatic heterocycles. The summed E-state index contributed by atoms with van der Waals surface area (Å²) in [5.74, 6) is 0.319. The number of sulfonamides is 1. The van der Waals surface area contributed by atoms with Crippen LogP contribution in [0.25, 0.3) is 11.3 Å². The van der Waals surface area contributed by atoms with E-state index in [1.165, 1.54) is 48.8 Å². The Morgan fingerprint density at radius 1 is 0.886 bits per heavy atom. The molecule has 0 atom stereocenters. The predicted molar refractivity (Wildman–Crippen MR) is 128 cm³/mol. The Morgan fingerprint density at radius 3 is 2.29 bits per heavy atom. The molecule has 0 radical (unpaired) electrons. The van der Waals surface area contributed by atoms with Gasteiger partial charge in [0.1, 0.15) is 27.9 Å². The summed E-state index contributed by atoms with van der Waals surface area (Å²) in [7, 11) is -3.70. The van der Waals surface area contributed by atoms with E-state index in [9.17, 15) is 17.6 Å². The van der Waals surface area contributed by atoms with Crippen molar-refractivity contribution < 1.29 is 22.3 Å². The van der Waals surface area contributed by atoms with Crippen LogP contribution in [0.1, 0.15) is 10.5 Å². The number of halogens is 1. The van der Waals surface area contributed by atoms with Gasteiger partial charge in [0.25, 0.3) is 5.91 Å². The van der Waals surface area contributed by atoms with Crippen molar-refractivity contribution >= 4 is 15.9 Å².